The van der Waals surface area contributed by atoms with E-state index in [4.69, 9.17) is 16.3 Å². The highest BCUT2D eigenvalue weighted by Crippen LogP contribution is 2.12. The third-order valence-corrected chi connectivity index (χ3v) is 4.14. The van der Waals surface area contributed by atoms with Crippen molar-refractivity contribution in [2.24, 2.45) is 0 Å². The third kappa shape index (κ3) is 6.31. The summed E-state index contributed by atoms with van der Waals surface area (Å²) in [4.78, 5) is 15.9. The van der Waals surface area contributed by atoms with E-state index < -0.39 is 0 Å². The molecule has 1 aromatic heterocycles. The van der Waals surface area contributed by atoms with Gasteiger partial charge in [-0.3, -0.25) is 4.98 Å². The molecule has 3 aromatic rings. The quantitative estimate of drug-likeness (QED) is 0.624. The lowest BCUT2D eigenvalue weighted by atomic mass is 10.1. The molecule has 0 spiro atoms. The number of benzene rings is 2. The van der Waals surface area contributed by atoms with Crippen LogP contribution in [0.3, 0.4) is 0 Å². The number of amides is 2. The van der Waals surface area contributed by atoms with Crippen LogP contribution in [0.1, 0.15) is 11.1 Å². The number of ether oxygens (including phenoxy) is 1. The fourth-order valence-electron chi connectivity index (χ4n) is 2.44. The molecule has 0 aliphatic rings. The topological polar surface area (TPSA) is 63.2 Å². The van der Waals surface area contributed by atoms with Crippen molar-refractivity contribution in [2.45, 2.75) is 13.0 Å². The Morgan fingerprint density at radius 3 is 2.30 bits per heavy atom. The maximum atomic E-state index is 12.0. The van der Waals surface area contributed by atoms with Crippen LogP contribution >= 0.6 is 11.6 Å². The monoisotopic (exact) mass is 381 g/mol. The fourth-order valence-corrected chi connectivity index (χ4v) is 2.56. The largest absolute Gasteiger partial charge is 0.493 e. The number of carbonyl (C=O) groups is 1. The molecule has 0 radical (unpaired) electrons. The molecular formula is C21H20ClN3O2. The number of nitrogens with one attached hydrogen (secondary N) is 2. The lowest BCUT2D eigenvalue weighted by molar-refractivity contribution is 0.251. The average molecular weight is 382 g/mol. The summed E-state index contributed by atoms with van der Waals surface area (Å²) in [5.41, 5.74) is 2.86. The van der Waals surface area contributed by atoms with Crippen LogP contribution in [0.4, 0.5) is 10.5 Å². The van der Waals surface area contributed by atoms with Crippen molar-refractivity contribution in [3.8, 4) is 5.75 Å². The first-order chi connectivity index (χ1) is 13.2. The number of urea groups is 1. The van der Waals surface area contributed by atoms with Crippen LogP contribution in [-0.2, 0) is 13.0 Å². The summed E-state index contributed by atoms with van der Waals surface area (Å²) in [7, 11) is 0. The molecule has 0 aliphatic carbocycles. The Morgan fingerprint density at radius 1 is 0.926 bits per heavy atom. The first kappa shape index (κ1) is 18.7. The van der Waals surface area contributed by atoms with Gasteiger partial charge in [-0.05, 0) is 47.5 Å². The molecule has 3 rings (SSSR count). The Kier molecular flexibility index (Phi) is 6.66. The Bertz CT molecular complexity index is 853. The molecule has 0 fully saturated rings. The second kappa shape index (κ2) is 9.59. The van der Waals surface area contributed by atoms with Gasteiger partial charge >= 0.3 is 6.03 Å². The smallest absolute Gasteiger partial charge is 0.319 e. The van der Waals surface area contributed by atoms with Crippen molar-refractivity contribution in [3.63, 3.8) is 0 Å². The van der Waals surface area contributed by atoms with E-state index in [9.17, 15) is 4.79 Å². The molecule has 6 heteroatoms. The summed E-state index contributed by atoms with van der Waals surface area (Å²) in [6, 6.07) is 18.5. The van der Waals surface area contributed by atoms with Gasteiger partial charge in [0.15, 0.2) is 0 Å². The highest BCUT2D eigenvalue weighted by molar-refractivity contribution is 6.30. The zero-order chi connectivity index (χ0) is 18.9. The summed E-state index contributed by atoms with van der Waals surface area (Å²) in [5.74, 6) is 0.806. The number of rotatable bonds is 7. The van der Waals surface area contributed by atoms with Crippen molar-refractivity contribution in [1.29, 1.82) is 0 Å². The fraction of sp³-hybridized carbons (Fsp3) is 0.143. The highest BCUT2D eigenvalue weighted by atomic mass is 35.5. The third-order valence-electron chi connectivity index (χ3n) is 3.89. The number of hydrogen-bond donors (Lipinski definition) is 2. The number of pyridine rings is 1. The number of anilines is 1. The van der Waals surface area contributed by atoms with Crippen molar-refractivity contribution >= 4 is 23.3 Å². The van der Waals surface area contributed by atoms with Crippen LogP contribution < -0.4 is 15.4 Å². The molecule has 0 bridgehead atoms. The number of carbonyl (C=O) groups excluding carboxylic acids is 1. The van der Waals surface area contributed by atoms with E-state index in [0.717, 1.165) is 29.0 Å². The zero-order valence-electron chi connectivity index (χ0n) is 14.7. The first-order valence-electron chi connectivity index (χ1n) is 8.60. The van der Waals surface area contributed by atoms with Crippen molar-refractivity contribution in [3.05, 3.63) is 89.2 Å². The van der Waals surface area contributed by atoms with Gasteiger partial charge in [-0.25, -0.2) is 4.79 Å². The second-order valence-electron chi connectivity index (χ2n) is 5.91. The van der Waals surface area contributed by atoms with Crippen molar-refractivity contribution in [1.82, 2.24) is 10.3 Å². The lowest BCUT2D eigenvalue weighted by Crippen LogP contribution is -2.28. The Balaban J connectivity index is 1.41. The van der Waals surface area contributed by atoms with E-state index in [1.54, 1.807) is 24.5 Å². The van der Waals surface area contributed by atoms with Crippen LogP contribution in [0.15, 0.2) is 73.1 Å². The Hall–Kier alpha value is -3.05. The predicted molar refractivity (Wildman–Crippen MR) is 107 cm³/mol. The minimum Gasteiger partial charge on any atom is -0.493 e. The molecule has 0 saturated heterocycles. The predicted octanol–water partition coefficient (Wildman–Crippen LogP) is 4.68. The van der Waals surface area contributed by atoms with E-state index in [1.165, 1.54) is 0 Å². The molecule has 0 atom stereocenters. The van der Waals surface area contributed by atoms with E-state index in [-0.39, 0.29) is 6.03 Å². The first-order valence-corrected chi connectivity index (χ1v) is 8.98. The summed E-state index contributed by atoms with van der Waals surface area (Å²) in [6.07, 6.45) is 4.19. The molecule has 2 N–H and O–H groups in total. The molecule has 27 heavy (non-hydrogen) atoms. The lowest BCUT2D eigenvalue weighted by Gasteiger charge is -2.09. The van der Waals surface area contributed by atoms with E-state index in [0.29, 0.717) is 18.2 Å². The minimum absolute atomic E-state index is 0.251. The van der Waals surface area contributed by atoms with Gasteiger partial charge < -0.3 is 15.4 Å². The molecule has 138 valence electrons. The Labute approximate surface area is 163 Å². The van der Waals surface area contributed by atoms with Gasteiger partial charge in [0.25, 0.3) is 0 Å². The number of halogens is 1. The van der Waals surface area contributed by atoms with Gasteiger partial charge in [-0.1, -0.05) is 35.9 Å². The summed E-state index contributed by atoms with van der Waals surface area (Å²) in [5, 5.41) is 6.31. The highest BCUT2D eigenvalue weighted by Gasteiger charge is 2.03. The summed E-state index contributed by atoms with van der Waals surface area (Å²) < 4.78 is 5.66. The van der Waals surface area contributed by atoms with Gasteiger partial charge in [-0.15, -0.1) is 0 Å². The molecule has 0 saturated carbocycles. The van der Waals surface area contributed by atoms with E-state index >= 15 is 0 Å². The second-order valence-corrected chi connectivity index (χ2v) is 6.35. The summed E-state index contributed by atoms with van der Waals surface area (Å²) in [6.45, 7) is 1.02. The van der Waals surface area contributed by atoms with Gasteiger partial charge in [0.1, 0.15) is 5.75 Å². The van der Waals surface area contributed by atoms with Gasteiger partial charge in [0, 0.05) is 36.1 Å². The molecule has 2 amide bonds. The Morgan fingerprint density at radius 2 is 1.59 bits per heavy atom. The number of nitrogens with zero attached hydrogens (tertiary/aromatic N) is 1. The zero-order valence-corrected chi connectivity index (χ0v) is 15.4. The molecule has 1 heterocycles. The van der Waals surface area contributed by atoms with Crippen LogP contribution in [0, 0.1) is 0 Å². The normalized spacial score (nSPS) is 10.3. The van der Waals surface area contributed by atoms with Gasteiger partial charge in [0.05, 0.1) is 6.61 Å². The average Bonchev–Trinajstić information content (AvgIpc) is 2.70. The minimum atomic E-state index is -0.251. The van der Waals surface area contributed by atoms with Crippen LogP contribution in [0.2, 0.25) is 5.02 Å². The molecule has 0 aliphatic heterocycles. The molecule has 5 nitrogen and oxygen atoms in total. The van der Waals surface area contributed by atoms with Crippen LogP contribution in [0.5, 0.6) is 5.75 Å². The van der Waals surface area contributed by atoms with Crippen molar-refractivity contribution in [2.75, 3.05) is 11.9 Å². The SMILES string of the molecule is O=C(NCc1ccc(Cl)cc1)Nc1ccc(CCOc2ccncc2)cc1. The maximum absolute atomic E-state index is 12.0. The number of hydrogen-bond acceptors (Lipinski definition) is 3. The maximum Gasteiger partial charge on any atom is 0.319 e. The van der Waals surface area contributed by atoms with Crippen LogP contribution in [-0.4, -0.2) is 17.6 Å². The van der Waals surface area contributed by atoms with Gasteiger partial charge in [-0.2, -0.15) is 0 Å². The van der Waals surface area contributed by atoms with Crippen LogP contribution in [0.25, 0.3) is 0 Å². The van der Waals surface area contributed by atoms with Crippen molar-refractivity contribution < 1.29 is 9.53 Å². The standard InChI is InChI=1S/C21H20ClN3O2/c22-18-5-1-17(2-6-18)15-24-21(26)25-19-7-3-16(4-8-19)11-14-27-20-9-12-23-13-10-20/h1-10,12-13H,11,14-15H2,(H2,24,25,26). The summed E-state index contributed by atoms with van der Waals surface area (Å²) >= 11 is 5.85. The van der Waals surface area contributed by atoms with E-state index in [2.05, 4.69) is 15.6 Å². The van der Waals surface area contributed by atoms with E-state index in [1.807, 2.05) is 48.5 Å². The molecule has 0 unspecified atom stereocenters. The van der Waals surface area contributed by atoms with Gasteiger partial charge in [0.2, 0.25) is 0 Å². The molecule has 2 aromatic carbocycles. The molecular weight excluding hydrogens is 362 g/mol. The number of aromatic nitrogens is 1.